The molecule has 15 heteroatoms. The summed E-state index contributed by atoms with van der Waals surface area (Å²) in [6, 6.07) is 20.3. The standard InChI is InChI=1S/C51H65ClN2O12/c1-53(21-17-35-28-42(58-4)44(60-6)30-38(35)41(53)25-33-26-46(62-8)50(64-10)47(27-33)63-9)19-11-24-66-51(56)40(52)32-48(55)65-23-12-20-54(2)22-18-36-29-43(59-5)45(61-7)31-39(36)49(54)34-13-15-37(57-3)16-14-34/h13-16,26-32,41,49H,11-12,17-25H2,1-10H3/q+2/b40-32-/t41-,49+,53-,54+/m1/s1. The number of ether oxygens (including phenoxy) is 10. The summed E-state index contributed by atoms with van der Waals surface area (Å²) in [6.45, 7) is 3.33. The van der Waals surface area contributed by atoms with Gasteiger partial charge in [-0.3, -0.25) is 0 Å². The number of quaternary nitrogens is 2. The van der Waals surface area contributed by atoms with Crippen LogP contribution in [0.4, 0.5) is 0 Å². The third-order valence-electron chi connectivity index (χ3n) is 13.2. The number of methoxy groups -OCH3 is 8. The smallest absolute Gasteiger partial charge is 0.350 e. The summed E-state index contributed by atoms with van der Waals surface area (Å²) in [5.74, 6) is 3.66. The van der Waals surface area contributed by atoms with E-state index in [0.29, 0.717) is 81.6 Å². The normalized spacial score (nSPS) is 20.0. The van der Waals surface area contributed by atoms with Gasteiger partial charge in [-0.15, -0.1) is 0 Å². The molecule has 2 heterocycles. The van der Waals surface area contributed by atoms with Gasteiger partial charge in [0.25, 0.3) is 0 Å². The maximum Gasteiger partial charge on any atom is 0.350 e. The fourth-order valence-corrected chi connectivity index (χ4v) is 9.83. The molecule has 2 aliphatic heterocycles. The van der Waals surface area contributed by atoms with Gasteiger partial charge in [-0.05, 0) is 77.4 Å². The molecule has 0 saturated carbocycles. The maximum atomic E-state index is 13.0. The lowest BCUT2D eigenvalue weighted by Crippen LogP contribution is -2.52. The molecule has 0 spiro atoms. The lowest BCUT2D eigenvalue weighted by atomic mass is 9.85. The summed E-state index contributed by atoms with van der Waals surface area (Å²) >= 11 is 6.33. The van der Waals surface area contributed by atoms with Crippen molar-refractivity contribution >= 4 is 23.5 Å². The van der Waals surface area contributed by atoms with Crippen LogP contribution in [0.15, 0.2) is 71.8 Å². The zero-order chi connectivity index (χ0) is 47.6. The van der Waals surface area contributed by atoms with E-state index < -0.39 is 11.9 Å². The predicted octanol–water partition coefficient (Wildman–Crippen LogP) is 7.82. The number of carbonyl (C=O) groups excluding carboxylic acids is 2. The third-order valence-corrected chi connectivity index (χ3v) is 13.5. The molecule has 0 bridgehead atoms. The Kier molecular flexibility index (Phi) is 16.6. The molecule has 356 valence electrons. The summed E-state index contributed by atoms with van der Waals surface area (Å²) in [6.07, 6.45) is 4.41. The molecule has 4 aromatic rings. The van der Waals surface area contributed by atoms with E-state index in [1.165, 1.54) is 11.1 Å². The fraction of sp³-hybridized carbons (Fsp3) is 0.451. The molecule has 0 saturated heterocycles. The molecule has 4 atom stereocenters. The number of rotatable bonds is 21. The first-order valence-corrected chi connectivity index (χ1v) is 22.5. The molecule has 0 fully saturated rings. The predicted molar refractivity (Wildman–Crippen MR) is 251 cm³/mol. The van der Waals surface area contributed by atoms with Gasteiger partial charge in [0, 0.05) is 54.9 Å². The fourth-order valence-electron chi connectivity index (χ4n) is 9.68. The molecule has 0 N–H and O–H groups in total. The van der Waals surface area contributed by atoms with Crippen LogP contribution in [0.5, 0.6) is 46.0 Å². The van der Waals surface area contributed by atoms with E-state index in [1.54, 1.807) is 56.9 Å². The summed E-state index contributed by atoms with van der Waals surface area (Å²) < 4.78 is 57.6. The average Bonchev–Trinajstić information content (AvgIpc) is 3.33. The Labute approximate surface area is 393 Å². The molecule has 4 aromatic carbocycles. The van der Waals surface area contributed by atoms with Gasteiger partial charge in [0.15, 0.2) is 34.5 Å². The highest BCUT2D eigenvalue weighted by atomic mass is 35.5. The highest BCUT2D eigenvalue weighted by molar-refractivity contribution is 6.42. The summed E-state index contributed by atoms with van der Waals surface area (Å²) in [7, 11) is 17.4. The van der Waals surface area contributed by atoms with Crippen LogP contribution in [0.3, 0.4) is 0 Å². The maximum absolute atomic E-state index is 13.0. The molecule has 0 aliphatic carbocycles. The number of hydrogen-bond donors (Lipinski definition) is 0. The number of nitrogens with zero attached hydrogens (tertiary/aromatic N) is 2. The van der Waals surface area contributed by atoms with Crippen molar-refractivity contribution in [3.8, 4) is 46.0 Å². The lowest BCUT2D eigenvalue weighted by molar-refractivity contribution is -0.941. The minimum Gasteiger partial charge on any atom is -0.497 e. The first kappa shape index (κ1) is 49.6. The van der Waals surface area contributed by atoms with Crippen molar-refractivity contribution in [1.29, 1.82) is 0 Å². The summed E-state index contributed by atoms with van der Waals surface area (Å²) in [4.78, 5) is 26.0. The van der Waals surface area contributed by atoms with Crippen molar-refractivity contribution in [1.82, 2.24) is 0 Å². The zero-order valence-electron chi connectivity index (χ0n) is 40.0. The van der Waals surface area contributed by atoms with Crippen molar-refractivity contribution in [2.75, 3.05) is 110 Å². The van der Waals surface area contributed by atoms with E-state index in [9.17, 15) is 9.59 Å². The highest BCUT2D eigenvalue weighted by Crippen LogP contribution is 2.46. The number of halogens is 1. The minimum atomic E-state index is -0.787. The van der Waals surface area contributed by atoms with Crippen LogP contribution in [-0.4, -0.2) is 131 Å². The summed E-state index contributed by atoms with van der Waals surface area (Å²) in [5, 5.41) is -0.343. The number of carbonyl (C=O) groups is 2. The van der Waals surface area contributed by atoms with Crippen molar-refractivity contribution < 1.29 is 65.9 Å². The van der Waals surface area contributed by atoms with Crippen LogP contribution in [0, 0.1) is 0 Å². The van der Waals surface area contributed by atoms with Crippen molar-refractivity contribution in [2.45, 2.75) is 44.2 Å². The first-order valence-electron chi connectivity index (χ1n) is 22.1. The van der Waals surface area contributed by atoms with Gasteiger partial charge in [0.2, 0.25) is 5.75 Å². The van der Waals surface area contributed by atoms with Crippen molar-refractivity contribution in [3.63, 3.8) is 0 Å². The number of benzene rings is 4. The molecule has 14 nitrogen and oxygen atoms in total. The van der Waals surface area contributed by atoms with Crippen LogP contribution in [0.1, 0.15) is 58.3 Å². The minimum absolute atomic E-state index is 0.0124. The van der Waals surface area contributed by atoms with Gasteiger partial charge in [-0.2, -0.15) is 0 Å². The second kappa shape index (κ2) is 22.1. The van der Waals surface area contributed by atoms with E-state index in [4.69, 9.17) is 59.0 Å². The Balaban J connectivity index is 1.07. The Bertz CT molecular complexity index is 2350. The van der Waals surface area contributed by atoms with Gasteiger partial charge < -0.3 is 56.3 Å². The second-order valence-corrected chi connectivity index (χ2v) is 17.5. The Morgan fingerprint density at radius 2 is 1.11 bits per heavy atom. The Morgan fingerprint density at radius 3 is 1.65 bits per heavy atom. The van der Waals surface area contributed by atoms with Crippen LogP contribution in [0.25, 0.3) is 0 Å². The van der Waals surface area contributed by atoms with E-state index >= 15 is 0 Å². The molecule has 6 rings (SSSR count). The molecule has 2 aliphatic rings. The molecular formula is C51H65ClN2O12+2. The van der Waals surface area contributed by atoms with E-state index in [2.05, 4.69) is 50.5 Å². The first-order chi connectivity index (χ1) is 31.8. The molecule has 0 amide bonds. The Morgan fingerprint density at radius 1 is 0.606 bits per heavy atom. The van der Waals surface area contributed by atoms with E-state index in [1.807, 2.05) is 24.3 Å². The summed E-state index contributed by atoms with van der Waals surface area (Å²) in [5.41, 5.74) is 6.83. The number of fused-ring (bicyclic) bond motifs is 2. The molecule has 0 unspecified atom stereocenters. The van der Waals surface area contributed by atoms with Crippen molar-refractivity contribution in [2.24, 2.45) is 0 Å². The lowest BCUT2D eigenvalue weighted by Gasteiger charge is -2.46. The Hall–Kier alpha value is -5.83. The zero-order valence-corrected chi connectivity index (χ0v) is 40.7. The monoisotopic (exact) mass is 932 g/mol. The van der Waals surface area contributed by atoms with Gasteiger partial charge in [-0.1, -0.05) is 11.6 Å². The van der Waals surface area contributed by atoms with Gasteiger partial charge in [0.1, 0.15) is 22.9 Å². The molecule has 66 heavy (non-hydrogen) atoms. The number of likely N-dealkylation sites (N-methyl/N-ethyl adjacent to an activating group) is 2. The van der Waals surface area contributed by atoms with Crippen LogP contribution in [0.2, 0.25) is 0 Å². The topological polar surface area (TPSA) is 126 Å². The van der Waals surface area contributed by atoms with Gasteiger partial charge in [0.05, 0.1) is 110 Å². The SMILES string of the molecule is COc1ccc([C@H]2c3cc(OC)c(OC)cc3CC[N@+]2(C)CCCOC(=O)/C=C(\Cl)C(=O)OCCC[N@+]2(C)CCc3cc(OC)c(OC)cc3[C@H]2Cc2cc(OC)c(OC)c(OC)c2)cc1. The van der Waals surface area contributed by atoms with Crippen LogP contribution < -0.4 is 37.9 Å². The quantitative estimate of drug-likeness (QED) is 0.0350. The molecular weight excluding hydrogens is 868 g/mol. The molecule has 0 radical (unpaired) electrons. The van der Waals surface area contributed by atoms with E-state index in [-0.39, 0.29) is 30.3 Å². The van der Waals surface area contributed by atoms with Gasteiger partial charge >= 0.3 is 11.9 Å². The van der Waals surface area contributed by atoms with E-state index in [0.717, 1.165) is 60.0 Å². The number of esters is 2. The van der Waals surface area contributed by atoms with Crippen LogP contribution >= 0.6 is 11.6 Å². The third kappa shape index (κ3) is 10.9. The number of hydrogen-bond acceptors (Lipinski definition) is 12. The average molecular weight is 934 g/mol. The molecule has 0 aromatic heterocycles. The van der Waals surface area contributed by atoms with Crippen molar-refractivity contribution in [3.05, 3.63) is 105 Å². The highest BCUT2D eigenvalue weighted by Gasteiger charge is 2.42. The van der Waals surface area contributed by atoms with Gasteiger partial charge in [-0.25, -0.2) is 9.59 Å². The van der Waals surface area contributed by atoms with Crippen LogP contribution in [-0.2, 0) is 38.3 Å². The second-order valence-electron chi connectivity index (χ2n) is 17.1. The largest absolute Gasteiger partial charge is 0.497 e.